The largest absolute Gasteiger partial charge is 0.399 e. The Labute approximate surface area is 137 Å². The van der Waals surface area contributed by atoms with Crippen molar-refractivity contribution in [3.8, 4) is 0 Å². The molecule has 0 atom stereocenters. The summed E-state index contributed by atoms with van der Waals surface area (Å²) in [6.07, 6.45) is 0.755. The van der Waals surface area contributed by atoms with Crippen molar-refractivity contribution in [3.63, 3.8) is 0 Å². The molecule has 0 aliphatic rings. The molecule has 0 radical (unpaired) electrons. The Morgan fingerprint density at radius 1 is 1.33 bits per heavy atom. The first-order valence-corrected chi connectivity index (χ1v) is 9.64. The first-order chi connectivity index (χ1) is 9.95. The van der Waals surface area contributed by atoms with Gasteiger partial charge < -0.3 is 5.73 Å². The summed E-state index contributed by atoms with van der Waals surface area (Å²) in [5.74, 6) is 0. The molecular weight excluding hydrogens is 372 g/mol. The van der Waals surface area contributed by atoms with Gasteiger partial charge in [-0.15, -0.1) is 11.3 Å². The molecule has 0 saturated heterocycles. The maximum atomic E-state index is 12.8. The van der Waals surface area contributed by atoms with Crippen LogP contribution < -0.4 is 5.73 Å². The molecule has 1 aromatic carbocycles. The van der Waals surface area contributed by atoms with Crippen LogP contribution in [0.4, 0.5) is 5.69 Å². The van der Waals surface area contributed by atoms with Gasteiger partial charge in [-0.1, -0.05) is 19.1 Å². The van der Waals surface area contributed by atoms with E-state index in [4.69, 9.17) is 5.73 Å². The van der Waals surface area contributed by atoms with Crippen molar-refractivity contribution in [1.29, 1.82) is 0 Å². The number of hydrogen-bond donors (Lipinski definition) is 1. The minimum Gasteiger partial charge on any atom is -0.399 e. The minimum absolute atomic E-state index is 0.325. The molecular formula is C14H17BrN2O2S2. The van der Waals surface area contributed by atoms with Gasteiger partial charge in [0.05, 0.1) is 0 Å². The molecule has 2 rings (SSSR count). The zero-order valence-electron chi connectivity index (χ0n) is 11.6. The summed E-state index contributed by atoms with van der Waals surface area (Å²) in [4.78, 5) is 0. The highest BCUT2D eigenvalue weighted by Gasteiger charge is 2.27. The summed E-state index contributed by atoms with van der Waals surface area (Å²) < 4.78 is 28.0. The van der Waals surface area contributed by atoms with Crippen LogP contribution in [0.2, 0.25) is 0 Å². The van der Waals surface area contributed by atoms with Crippen molar-refractivity contribution in [3.05, 3.63) is 45.7 Å². The number of nitrogen functional groups attached to an aromatic ring is 1. The fourth-order valence-electron chi connectivity index (χ4n) is 2.01. The Morgan fingerprint density at radius 3 is 2.67 bits per heavy atom. The van der Waals surface area contributed by atoms with Gasteiger partial charge in [0.25, 0.3) is 10.0 Å². The van der Waals surface area contributed by atoms with Gasteiger partial charge in [0.15, 0.2) is 0 Å². The van der Waals surface area contributed by atoms with Crippen LogP contribution in [0, 0.1) is 0 Å². The molecule has 2 N–H and O–H groups in total. The zero-order chi connectivity index (χ0) is 15.5. The molecule has 21 heavy (non-hydrogen) atoms. The molecule has 114 valence electrons. The Kier molecular flexibility index (Phi) is 5.43. The van der Waals surface area contributed by atoms with Crippen LogP contribution in [0.1, 0.15) is 18.9 Å². The number of sulfonamides is 1. The van der Waals surface area contributed by atoms with E-state index in [1.54, 1.807) is 17.5 Å². The smallest absolute Gasteiger partial charge is 0.253 e. The lowest BCUT2D eigenvalue weighted by Crippen LogP contribution is -2.31. The molecule has 0 unspecified atom stereocenters. The van der Waals surface area contributed by atoms with Crippen LogP contribution >= 0.6 is 27.3 Å². The van der Waals surface area contributed by atoms with Crippen LogP contribution in [0.5, 0.6) is 0 Å². The zero-order valence-corrected chi connectivity index (χ0v) is 14.8. The molecule has 0 fully saturated rings. The minimum atomic E-state index is -3.50. The third-order valence-electron chi connectivity index (χ3n) is 2.94. The summed E-state index contributed by atoms with van der Waals surface area (Å²) in [7, 11) is -3.50. The Balaban J connectivity index is 2.33. The van der Waals surface area contributed by atoms with E-state index in [-0.39, 0.29) is 0 Å². The lowest BCUT2D eigenvalue weighted by molar-refractivity contribution is 0.407. The molecule has 0 saturated carbocycles. The number of hydrogen-bond acceptors (Lipinski definition) is 4. The SMILES string of the molecule is CCCN(Cc1cccc(N)c1)S(=O)(=O)c1sccc1Br. The van der Waals surface area contributed by atoms with E-state index >= 15 is 0 Å². The summed E-state index contributed by atoms with van der Waals surface area (Å²) in [5, 5.41) is 1.77. The maximum Gasteiger partial charge on any atom is 0.253 e. The summed E-state index contributed by atoms with van der Waals surface area (Å²) in [6.45, 7) is 2.76. The molecule has 4 nitrogen and oxygen atoms in total. The number of anilines is 1. The van der Waals surface area contributed by atoms with Gasteiger partial charge in [0.2, 0.25) is 0 Å². The third kappa shape index (κ3) is 3.85. The van der Waals surface area contributed by atoms with Gasteiger partial charge in [-0.2, -0.15) is 4.31 Å². The molecule has 2 aromatic rings. The van der Waals surface area contributed by atoms with Gasteiger partial charge in [0.1, 0.15) is 4.21 Å². The summed E-state index contributed by atoms with van der Waals surface area (Å²) in [5.41, 5.74) is 7.29. The third-order valence-corrected chi connectivity index (χ3v) is 7.43. The van der Waals surface area contributed by atoms with Crippen molar-refractivity contribution in [2.45, 2.75) is 24.1 Å². The standard InChI is InChI=1S/C14H17BrN2O2S2/c1-2-7-17(10-11-4-3-5-12(16)9-11)21(18,19)14-13(15)6-8-20-14/h3-6,8-9H,2,7,10,16H2,1H3. The van der Waals surface area contributed by atoms with Gasteiger partial charge >= 0.3 is 0 Å². The van der Waals surface area contributed by atoms with Crippen LogP contribution in [-0.4, -0.2) is 19.3 Å². The number of thiophene rings is 1. The predicted molar refractivity (Wildman–Crippen MR) is 90.8 cm³/mol. The number of benzene rings is 1. The van der Waals surface area contributed by atoms with Gasteiger partial charge in [-0.3, -0.25) is 0 Å². The quantitative estimate of drug-likeness (QED) is 0.767. The van der Waals surface area contributed by atoms with E-state index in [2.05, 4.69) is 15.9 Å². The fourth-order valence-corrected chi connectivity index (χ4v) is 5.98. The summed E-state index contributed by atoms with van der Waals surface area (Å²) in [6, 6.07) is 9.07. The molecule has 1 aromatic heterocycles. The van der Waals surface area contributed by atoms with E-state index in [0.29, 0.717) is 27.5 Å². The van der Waals surface area contributed by atoms with Gasteiger partial charge in [-0.25, -0.2) is 8.42 Å². The molecule has 0 spiro atoms. The lowest BCUT2D eigenvalue weighted by Gasteiger charge is -2.21. The van der Waals surface area contributed by atoms with Crippen LogP contribution in [-0.2, 0) is 16.6 Å². The lowest BCUT2D eigenvalue weighted by atomic mass is 10.2. The van der Waals surface area contributed by atoms with E-state index in [0.717, 1.165) is 12.0 Å². The number of halogens is 1. The first kappa shape index (κ1) is 16.5. The molecule has 1 heterocycles. The average molecular weight is 389 g/mol. The van der Waals surface area contributed by atoms with E-state index < -0.39 is 10.0 Å². The average Bonchev–Trinajstić information content (AvgIpc) is 2.85. The van der Waals surface area contributed by atoms with Crippen molar-refractivity contribution < 1.29 is 8.42 Å². The van der Waals surface area contributed by atoms with Crippen molar-refractivity contribution in [2.24, 2.45) is 0 Å². The maximum absolute atomic E-state index is 12.8. The fraction of sp³-hybridized carbons (Fsp3) is 0.286. The highest BCUT2D eigenvalue weighted by molar-refractivity contribution is 9.10. The van der Waals surface area contributed by atoms with Crippen molar-refractivity contribution in [1.82, 2.24) is 4.31 Å². The number of nitrogens with two attached hydrogens (primary N) is 1. The van der Waals surface area contributed by atoms with Crippen molar-refractivity contribution >= 4 is 43.0 Å². The second kappa shape index (κ2) is 6.91. The predicted octanol–water partition coefficient (Wildman–Crippen LogP) is 3.69. The second-order valence-electron chi connectivity index (χ2n) is 4.64. The first-order valence-electron chi connectivity index (χ1n) is 6.52. The summed E-state index contributed by atoms with van der Waals surface area (Å²) >= 11 is 4.53. The molecule has 7 heteroatoms. The molecule has 0 aliphatic carbocycles. The topological polar surface area (TPSA) is 63.4 Å². The van der Waals surface area contributed by atoms with Gasteiger partial charge in [0, 0.05) is 23.2 Å². The number of nitrogens with zero attached hydrogens (tertiary/aromatic N) is 1. The Hall–Kier alpha value is -0.890. The van der Waals surface area contributed by atoms with E-state index in [1.165, 1.54) is 15.6 Å². The Bertz CT molecular complexity index is 713. The monoisotopic (exact) mass is 388 g/mol. The second-order valence-corrected chi connectivity index (χ2v) is 8.54. The van der Waals surface area contributed by atoms with Crippen LogP contribution in [0.15, 0.2) is 44.4 Å². The van der Waals surface area contributed by atoms with Crippen LogP contribution in [0.3, 0.4) is 0 Å². The highest BCUT2D eigenvalue weighted by atomic mass is 79.9. The molecule has 0 aliphatic heterocycles. The van der Waals surface area contributed by atoms with E-state index in [9.17, 15) is 8.42 Å². The Morgan fingerprint density at radius 2 is 2.10 bits per heavy atom. The van der Waals surface area contributed by atoms with E-state index in [1.807, 2.05) is 25.1 Å². The van der Waals surface area contributed by atoms with Crippen molar-refractivity contribution in [2.75, 3.05) is 12.3 Å². The van der Waals surface area contributed by atoms with Gasteiger partial charge in [-0.05, 0) is 51.5 Å². The molecule has 0 bridgehead atoms. The molecule has 0 amide bonds. The highest BCUT2D eigenvalue weighted by Crippen LogP contribution is 2.31. The number of rotatable bonds is 6. The normalized spacial score (nSPS) is 12.0. The van der Waals surface area contributed by atoms with Crippen LogP contribution in [0.25, 0.3) is 0 Å².